The molecule has 0 bridgehead atoms. The van der Waals surface area contributed by atoms with E-state index in [1.165, 1.54) is 0 Å². The molecule has 2 aromatic carbocycles. The molecule has 2 rings (SSSR count). The number of para-hydroxylation sites is 1. The first-order valence-corrected chi connectivity index (χ1v) is 6.82. The highest BCUT2D eigenvalue weighted by atomic mass is 16.5. The minimum Gasteiger partial charge on any atom is -0.490 e. The zero-order chi connectivity index (χ0) is 14.9. The van der Waals surface area contributed by atoms with Gasteiger partial charge in [-0.1, -0.05) is 18.2 Å². The molecule has 0 saturated heterocycles. The Morgan fingerprint density at radius 3 is 2.43 bits per heavy atom. The summed E-state index contributed by atoms with van der Waals surface area (Å²) >= 11 is 0. The van der Waals surface area contributed by atoms with Crippen molar-refractivity contribution >= 4 is 0 Å². The van der Waals surface area contributed by atoms with Crippen LogP contribution in [-0.2, 0) is 6.54 Å². The lowest BCUT2D eigenvalue weighted by atomic mass is 10.2. The van der Waals surface area contributed by atoms with Gasteiger partial charge in [-0.25, -0.2) is 0 Å². The first-order valence-electron chi connectivity index (χ1n) is 6.82. The Bertz CT molecular complexity index is 603. The van der Waals surface area contributed by atoms with E-state index in [0.29, 0.717) is 18.8 Å². The second-order valence-electron chi connectivity index (χ2n) is 4.47. The molecule has 2 aromatic rings. The molecule has 0 spiro atoms. The lowest BCUT2D eigenvalue weighted by molar-refractivity contribution is 0.215. The monoisotopic (exact) mass is 282 g/mol. The van der Waals surface area contributed by atoms with Crippen LogP contribution in [0.1, 0.15) is 11.1 Å². The Morgan fingerprint density at radius 1 is 1.00 bits per heavy atom. The van der Waals surface area contributed by atoms with Gasteiger partial charge in [0.15, 0.2) is 0 Å². The van der Waals surface area contributed by atoms with Gasteiger partial charge in [-0.15, -0.1) is 0 Å². The summed E-state index contributed by atoms with van der Waals surface area (Å²) in [5, 5.41) is 11.8. The lowest BCUT2D eigenvalue weighted by Crippen LogP contribution is -2.12. The molecule has 0 radical (unpaired) electrons. The molecule has 0 heterocycles. The van der Waals surface area contributed by atoms with Gasteiger partial charge in [0.25, 0.3) is 0 Å². The minimum absolute atomic E-state index is 0.458. The fourth-order valence-corrected chi connectivity index (χ4v) is 1.92. The third-order valence-corrected chi connectivity index (χ3v) is 2.93. The molecule has 0 unspecified atom stereocenters. The molecular formula is C17H18N2O2. The number of nitriles is 1. The van der Waals surface area contributed by atoms with Gasteiger partial charge in [-0.3, -0.25) is 0 Å². The second-order valence-corrected chi connectivity index (χ2v) is 4.47. The van der Waals surface area contributed by atoms with Gasteiger partial charge in [0.2, 0.25) is 0 Å². The topological polar surface area (TPSA) is 54.3 Å². The van der Waals surface area contributed by atoms with E-state index < -0.39 is 0 Å². The van der Waals surface area contributed by atoms with Gasteiger partial charge in [0.1, 0.15) is 24.7 Å². The Balaban J connectivity index is 1.80. The van der Waals surface area contributed by atoms with E-state index in [1.807, 2.05) is 31.3 Å². The molecule has 1 N–H and O–H groups in total. The fourth-order valence-electron chi connectivity index (χ4n) is 1.92. The summed E-state index contributed by atoms with van der Waals surface area (Å²) in [6.07, 6.45) is 0. The molecule has 0 amide bonds. The maximum atomic E-state index is 8.72. The average Bonchev–Trinajstić information content (AvgIpc) is 2.54. The van der Waals surface area contributed by atoms with E-state index in [2.05, 4.69) is 11.4 Å². The average molecular weight is 282 g/mol. The Hall–Kier alpha value is -2.51. The molecule has 0 aliphatic carbocycles. The summed E-state index contributed by atoms with van der Waals surface area (Å²) in [6, 6.07) is 17.0. The minimum atomic E-state index is 0.458. The SMILES string of the molecule is CNCc1ccccc1OCCOc1ccc(C#N)cc1. The molecular weight excluding hydrogens is 264 g/mol. The van der Waals surface area contributed by atoms with Crippen molar-refractivity contribution < 1.29 is 9.47 Å². The molecule has 0 atom stereocenters. The van der Waals surface area contributed by atoms with Crippen LogP contribution in [0.15, 0.2) is 48.5 Å². The third-order valence-electron chi connectivity index (χ3n) is 2.93. The number of ether oxygens (including phenoxy) is 2. The third kappa shape index (κ3) is 4.51. The highest BCUT2D eigenvalue weighted by molar-refractivity contribution is 5.35. The van der Waals surface area contributed by atoms with Crippen molar-refractivity contribution in [3.8, 4) is 17.6 Å². The maximum Gasteiger partial charge on any atom is 0.123 e. The van der Waals surface area contributed by atoms with Crippen molar-refractivity contribution in [2.75, 3.05) is 20.3 Å². The van der Waals surface area contributed by atoms with E-state index >= 15 is 0 Å². The van der Waals surface area contributed by atoms with Crippen LogP contribution in [0.2, 0.25) is 0 Å². The molecule has 0 fully saturated rings. The van der Waals surface area contributed by atoms with Gasteiger partial charge < -0.3 is 14.8 Å². The van der Waals surface area contributed by atoms with Crippen molar-refractivity contribution in [1.82, 2.24) is 5.32 Å². The molecule has 4 nitrogen and oxygen atoms in total. The zero-order valence-electron chi connectivity index (χ0n) is 12.0. The van der Waals surface area contributed by atoms with E-state index in [9.17, 15) is 0 Å². The summed E-state index contributed by atoms with van der Waals surface area (Å²) in [5.41, 5.74) is 1.75. The van der Waals surface area contributed by atoms with Crippen molar-refractivity contribution in [1.29, 1.82) is 5.26 Å². The molecule has 108 valence electrons. The Labute approximate surface area is 124 Å². The molecule has 0 saturated carbocycles. The van der Waals surface area contributed by atoms with Crippen LogP contribution in [0, 0.1) is 11.3 Å². The maximum absolute atomic E-state index is 8.72. The van der Waals surface area contributed by atoms with E-state index in [-0.39, 0.29) is 0 Å². The van der Waals surface area contributed by atoms with Gasteiger partial charge in [0, 0.05) is 12.1 Å². The molecule has 21 heavy (non-hydrogen) atoms. The van der Waals surface area contributed by atoms with Crippen LogP contribution in [-0.4, -0.2) is 20.3 Å². The van der Waals surface area contributed by atoms with Crippen LogP contribution in [0.5, 0.6) is 11.5 Å². The van der Waals surface area contributed by atoms with Gasteiger partial charge in [0.05, 0.1) is 11.6 Å². The smallest absolute Gasteiger partial charge is 0.123 e. The van der Waals surface area contributed by atoms with Gasteiger partial charge in [-0.2, -0.15) is 5.26 Å². The van der Waals surface area contributed by atoms with Crippen molar-refractivity contribution in [2.24, 2.45) is 0 Å². The number of hydrogen-bond acceptors (Lipinski definition) is 4. The fraction of sp³-hybridized carbons (Fsp3) is 0.235. The lowest BCUT2D eigenvalue weighted by Gasteiger charge is -2.12. The van der Waals surface area contributed by atoms with Crippen LogP contribution < -0.4 is 14.8 Å². The highest BCUT2D eigenvalue weighted by Crippen LogP contribution is 2.17. The second kappa shape index (κ2) is 7.93. The van der Waals surface area contributed by atoms with Crippen molar-refractivity contribution in [3.63, 3.8) is 0 Å². The summed E-state index contributed by atoms with van der Waals surface area (Å²) in [4.78, 5) is 0. The number of nitrogens with zero attached hydrogens (tertiary/aromatic N) is 1. The predicted molar refractivity (Wildman–Crippen MR) is 81.4 cm³/mol. The number of hydrogen-bond donors (Lipinski definition) is 1. The first kappa shape index (κ1) is 14.9. The van der Waals surface area contributed by atoms with Gasteiger partial charge >= 0.3 is 0 Å². The van der Waals surface area contributed by atoms with E-state index in [1.54, 1.807) is 24.3 Å². The quantitative estimate of drug-likeness (QED) is 0.793. The van der Waals surface area contributed by atoms with Crippen LogP contribution >= 0.6 is 0 Å². The summed E-state index contributed by atoms with van der Waals surface area (Å²) < 4.78 is 11.3. The zero-order valence-corrected chi connectivity index (χ0v) is 12.0. The summed E-state index contributed by atoms with van der Waals surface area (Å²) in [7, 11) is 1.91. The summed E-state index contributed by atoms with van der Waals surface area (Å²) in [6.45, 7) is 1.70. The largest absolute Gasteiger partial charge is 0.490 e. The van der Waals surface area contributed by atoms with Crippen LogP contribution in [0.25, 0.3) is 0 Å². The van der Waals surface area contributed by atoms with Crippen LogP contribution in [0.4, 0.5) is 0 Å². The van der Waals surface area contributed by atoms with E-state index in [4.69, 9.17) is 14.7 Å². The van der Waals surface area contributed by atoms with Gasteiger partial charge in [-0.05, 0) is 37.4 Å². The normalized spacial score (nSPS) is 9.90. The van der Waals surface area contributed by atoms with E-state index in [0.717, 1.165) is 23.6 Å². The van der Waals surface area contributed by atoms with Crippen molar-refractivity contribution in [3.05, 3.63) is 59.7 Å². The molecule has 0 aliphatic rings. The molecule has 0 aliphatic heterocycles. The molecule has 4 heteroatoms. The number of benzene rings is 2. The first-order chi connectivity index (χ1) is 10.3. The Kier molecular flexibility index (Phi) is 5.62. The standard InChI is InChI=1S/C17H18N2O2/c1-19-13-15-4-2-3-5-17(15)21-11-10-20-16-8-6-14(12-18)7-9-16/h2-9,19H,10-11,13H2,1H3. The number of rotatable bonds is 7. The van der Waals surface area contributed by atoms with Crippen molar-refractivity contribution in [2.45, 2.75) is 6.54 Å². The summed E-state index contributed by atoms with van der Waals surface area (Å²) in [5.74, 6) is 1.61. The molecule has 0 aromatic heterocycles. The predicted octanol–water partition coefficient (Wildman–Crippen LogP) is 2.74. The Morgan fingerprint density at radius 2 is 1.71 bits per heavy atom. The van der Waals surface area contributed by atoms with Crippen LogP contribution in [0.3, 0.4) is 0 Å². The highest BCUT2D eigenvalue weighted by Gasteiger charge is 2.02. The number of nitrogens with one attached hydrogen (secondary N) is 1.